The topological polar surface area (TPSA) is 178 Å². The molecule has 2 heterocycles. The van der Waals surface area contributed by atoms with Crippen molar-refractivity contribution in [2.75, 3.05) is 77.3 Å². The number of carbonyl (C=O) groups is 6. The van der Waals surface area contributed by atoms with Crippen LogP contribution in [0.5, 0.6) is 0 Å². The van der Waals surface area contributed by atoms with Crippen molar-refractivity contribution in [2.45, 2.75) is 97.6 Å². The van der Waals surface area contributed by atoms with E-state index in [1.807, 2.05) is 61.7 Å². The van der Waals surface area contributed by atoms with E-state index >= 15 is 4.39 Å². The number of hydrogen-bond donors (Lipinski definition) is 3. The molecule has 15 nitrogen and oxygen atoms in total. The zero-order valence-electron chi connectivity index (χ0n) is 42.3. The molecule has 19 heteroatoms. The zero-order chi connectivity index (χ0) is 51.8. The van der Waals surface area contributed by atoms with Gasteiger partial charge >= 0.3 is 6.09 Å². The summed E-state index contributed by atoms with van der Waals surface area (Å²) in [5.41, 5.74) is 1.75. The van der Waals surface area contributed by atoms with Crippen LogP contribution in [-0.4, -0.2) is 135 Å². The van der Waals surface area contributed by atoms with Crippen LogP contribution < -0.4 is 16.0 Å². The van der Waals surface area contributed by atoms with Crippen LogP contribution >= 0.6 is 11.8 Å². The molecule has 1 aliphatic rings. The van der Waals surface area contributed by atoms with Crippen LogP contribution in [0.3, 0.4) is 0 Å². The van der Waals surface area contributed by atoms with E-state index in [0.717, 1.165) is 35.9 Å². The Labute approximate surface area is 423 Å². The van der Waals surface area contributed by atoms with Gasteiger partial charge in [-0.05, 0) is 60.6 Å². The number of halogens is 2. The van der Waals surface area contributed by atoms with Gasteiger partial charge in [0.05, 0.1) is 44.8 Å². The molecular formula is C52H74F2N6O9SSi. The first-order chi connectivity index (χ1) is 33.8. The minimum absolute atomic E-state index is 0.0783. The standard InChI is InChI=1S/C52H74F2N6O9SSi/c1-52(2,3)50(44-34-40(42-35-41(53)17-18-43(42)54)37-58(44)36-39-14-9-7-10-15-39)60(26-13-22-57-51(66)69-31-33-71(4,5)6)49(65)38-70-32-21-46(62)56-24-28-68-30-29-67-27-23-55-45(61)16-11-8-12-25-59-47(63)19-20-48(59)64/h7,9-10,14-15,17-20,34-35,37,50H,8,11-13,16,21-33,36,38H2,1-6H3,(H,55,61)(H,56,62)(H,57,66)/t50-/m0/s1. The maximum Gasteiger partial charge on any atom is 0.407 e. The van der Waals surface area contributed by atoms with Crippen molar-refractivity contribution in [1.82, 2.24) is 30.3 Å². The molecular weight excluding hydrogens is 951 g/mol. The molecule has 1 aromatic heterocycles. The monoisotopic (exact) mass is 1020 g/mol. The number of rotatable bonds is 32. The van der Waals surface area contributed by atoms with Crippen molar-refractivity contribution >= 4 is 55.5 Å². The van der Waals surface area contributed by atoms with Gasteiger partial charge in [-0.15, -0.1) is 0 Å². The molecule has 0 saturated carbocycles. The molecule has 0 radical (unpaired) electrons. The Morgan fingerprint density at radius 2 is 1.44 bits per heavy atom. The number of nitrogens with one attached hydrogen (secondary N) is 3. The van der Waals surface area contributed by atoms with E-state index in [-0.39, 0.29) is 67.0 Å². The summed E-state index contributed by atoms with van der Waals surface area (Å²) in [6, 6.07) is 15.3. The lowest BCUT2D eigenvalue weighted by Gasteiger charge is -2.41. The maximum absolute atomic E-state index is 15.3. The van der Waals surface area contributed by atoms with Crippen LogP contribution in [0.2, 0.25) is 25.7 Å². The summed E-state index contributed by atoms with van der Waals surface area (Å²) < 4.78 is 48.3. The highest BCUT2D eigenvalue weighted by atomic mass is 32.2. The van der Waals surface area contributed by atoms with E-state index in [0.29, 0.717) is 89.6 Å². The van der Waals surface area contributed by atoms with E-state index in [2.05, 4.69) is 35.6 Å². The fourth-order valence-corrected chi connectivity index (χ4v) is 9.29. The van der Waals surface area contributed by atoms with Crippen LogP contribution in [-0.2, 0) is 44.7 Å². The smallest absolute Gasteiger partial charge is 0.407 e. The Kier molecular flexibility index (Phi) is 24.5. The molecule has 0 bridgehead atoms. The second-order valence-corrected chi connectivity index (χ2v) is 26.4. The van der Waals surface area contributed by atoms with Crippen LogP contribution in [0, 0.1) is 17.0 Å². The van der Waals surface area contributed by atoms with Gasteiger partial charge in [-0.2, -0.15) is 11.8 Å². The highest BCUT2D eigenvalue weighted by Gasteiger charge is 2.37. The Morgan fingerprint density at radius 3 is 2.08 bits per heavy atom. The first-order valence-electron chi connectivity index (χ1n) is 24.5. The summed E-state index contributed by atoms with van der Waals surface area (Å²) in [4.78, 5) is 78.0. The number of hydrogen-bond acceptors (Lipinski definition) is 10. The number of imide groups is 1. The van der Waals surface area contributed by atoms with Gasteiger partial charge in [0, 0.05) is 101 Å². The molecule has 1 atom stereocenters. The highest BCUT2D eigenvalue weighted by molar-refractivity contribution is 7.99. The van der Waals surface area contributed by atoms with Gasteiger partial charge in [0.15, 0.2) is 0 Å². The third-order valence-corrected chi connectivity index (χ3v) is 14.1. The molecule has 3 N–H and O–H groups in total. The lowest BCUT2D eigenvalue weighted by atomic mass is 9.83. The molecule has 4 rings (SSSR count). The largest absolute Gasteiger partial charge is 0.450 e. The summed E-state index contributed by atoms with van der Waals surface area (Å²) in [7, 11) is -1.40. The van der Waals surface area contributed by atoms with E-state index in [1.165, 1.54) is 34.9 Å². The SMILES string of the molecule is CC(C)(C)[C@H](c1cc(-c2cc(F)ccc2F)cn1Cc1ccccc1)N(CCCNC(=O)OCC[Si](C)(C)C)C(=O)CSCCC(=O)NCCOCCOCCNC(=O)CCCCCN1C(=O)C=CC1=O. The molecule has 0 saturated heterocycles. The van der Waals surface area contributed by atoms with Gasteiger partial charge in [-0.1, -0.05) is 77.2 Å². The van der Waals surface area contributed by atoms with Gasteiger partial charge in [0.2, 0.25) is 17.7 Å². The summed E-state index contributed by atoms with van der Waals surface area (Å²) in [6.45, 7) is 16.2. The van der Waals surface area contributed by atoms with Crippen LogP contribution in [0.1, 0.15) is 76.6 Å². The molecule has 71 heavy (non-hydrogen) atoms. The number of unbranched alkanes of at least 4 members (excludes halogenated alkanes) is 2. The number of thioether (sulfide) groups is 1. The highest BCUT2D eigenvalue weighted by Crippen LogP contribution is 2.41. The summed E-state index contributed by atoms with van der Waals surface area (Å²) in [5, 5.41) is 8.47. The number of benzene rings is 2. The number of ether oxygens (including phenoxy) is 3. The van der Waals surface area contributed by atoms with Crippen molar-refractivity contribution in [3.05, 3.63) is 95.8 Å². The lowest BCUT2D eigenvalue weighted by molar-refractivity contribution is -0.137. The van der Waals surface area contributed by atoms with Gasteiger partial charge in [0.25, 0.3) is 11.8 Å². The quantitative estimate of drug-likeness (QED) is 0.0319. The fraction of sp³-hybridized carbons (Fsp3) is 0.538. The van der Waals surface area contributed by atoms with Crippen molar-refractivity contribution in [1.29, 1.82) is 0 Å². The van der Waals surface area contributed by atoms with Crippen LogP contribution in [0.15, 0.2) is 72.9 Å². The molecule has 2 aromatic carbocycles. The molecule has 0 spiro atoms. The predicted octanol–water partition coefficient (Wildman–Crippen LogP) is 7.73. The van der Waals surface area contributed by atoms with E-state index in [9.17, 15) is 33.2 Å². The molecule has 1 aliphatic heterocycles. The normalized spacial score (nSPS) is 13.1. The average Bonchev–Trinajstić information content (AvgIpc) is 3.86. The predicted molar refractivity (Wildman–Crippen MR) is 275 cm³/mol. The van der Waals surface area contributed by atoms with E-state index in [4.69, 9.17) is 14.2 Å². The third-order valence-electron chi connectivity index (χ3n) is 11.4. The molecule has 3 aromatic rings. The Bertz CT molecular complexity index is 2220. The van der Waals surface area contributed by atoms with Crippen molar-refractivity contribution in [3.63, 3.8) is 0 Å². The van der Waals surface area contributed by atoms with E-state index in [1.54, 1.807) is 11.1 Å². The number of nitrogens with zero attached hydrogens (tertiary/aromatic N) is 3. The Balaban J connectivity index is 1.25. The minimum Gasteiger partial charge on any atom is -0.450 e. The number of carbonyl (C=O) groups excluding carboxylic acids is 6. The van der Waals surface area contributed by atoms with Gasteiger partial charge in [-0.25, -0.2) is 13.6 Å². The Morgan fingerprint density at radius 1 is 0.775 bits per heavy atom. The first-order valence-corrected chi connectivity index (χ1v) is 29.4. The van der Waals surface area contributed by atoms with E-state index < -0.39 is 37.3 Å². The van der Waals surface area contributed by atoms with Crippen molar-refractivity contribution in [3.8, 4) is 11.1 Å². The number of amides is 6. The van der Waals surface area contributed by atoms with Crippen LogP contribution in [0.25, 0.3) is 11.1 Å². The second kappa shape index (κ2) is 29.8. The minimum atomic E-state index is -1.40. The summed E-state index contributed by atoms with van der Waals surface area (Å²) >= 11 is 1.34. The molecule has 0 fully saturated rings. The van der Waals surface area contributed by atoms with Crippen molar-refractivity contribution < 1.29 is 51.8 Å². The number of aromatic nitrogens is 1. The third kappa shape index (κ3) is 21.5. The summed E-state index contributed by atoms with van der Waals surface area (Å²) in [6.07, 6.45) is 6.78. The fourth-order valence-electron chi connectivity index (χ4n) is 7.77. The zero-order valence-corrected chi connectivity index (χ0v) is 44.1. The molecule has 6 amide bonds. The molecule has 0 aliphatic carbocycles. The van der Waals surface area contributed by atoms with Gasteiger partial charge in [0.1, 0.15) is 11.6 Å². The van der Waals surface area contributed by atoms with Gasteiger partial charge < -0.3 is 39.6 Å². The number of alkyl carbamates (subject to hydrolysis) is 1. The van der Waals surface area contributed by atoms with Crippen LogP contribution in [0.4, 0.5) is 13.6 Å². The van der Waals surface area contributed by atoms with Gasteiger partial charge in [-0.3, -0.25) is 28.9 Å². The summed E-state index contributed by atoms with van der Waals surface area (Å²) in [5.74, 6) is -1.72. The molecule has 0 unspecified atom stereocenters. The van der Waals surface area contributed by atoms with Crippen molar-refractivity contribution in [2.24, 2.45) is 5.41 Å². The Hall–Kier alpha value is -5.37. The lowest BCUT2D eigenvalue weighted by Crippen LogP contribution is -2.44. The molecule has 390 valence electrons. The first kappa shape index (κ1) is 58.2. The maximum atomic E-state index is 15.3. The second-order valence-electron chi connectivity index (χ2n) is 19.7. The average molecular weight is 1030 g/mol.